The Morgan fingerprint density at radius 3 is 2.71 bits per heavy atom. The highest BCUT2D eigenvalue weighted by Gasteiger charge is 2.38. The van der Waals surface area contributed by atoms with Crippen molar-refractivity contribution in [2.75, 3.05) is 26.7 Å². The van der Waals surface area contributed by atoms with Gasteiger partial charge < -0.3 is 9.84 Å². The SMILES string of the molecule is C[C@H](CO)N1C[C@H](C)[C@@H](CN(C)Cc2ccccc2F)Oc2cc(C3=CCCC3)ccc2S1(=O)=O. The predicted molar refractivity (Wildman–Crippen MR) is 135 cm³/mol. The van der Waals surface area contributed by atoms with E-state index in [1.54, 1.807) is 25.1 Å². The van der Waals surface area contributed by atoms with Crippen molar-refractivity contribution < 1.29 is 22.7 Å². The Labute approximate surface area is 208 Å². The van der Waals surface area contributed by atoms with Gasteiger partial charge in [-0.15, -0.1) is 0 Å². The van der Waals surface area contributed by atoms with E-state index in [9.17, 15) is 17.9 Å². The predicted octanol–water partition coefficient (Wildman–Crippen LogP) is 4.29. The van der Waals surface area contributed by atoms with Crippen molar-refractivity contribution in [3.05, 3.63) is 65.5 Å². The van der Waals surface area contributed by atoms with E-state index in [0.717, 1.165) is 24.8 Å². The highest BCUT2D eigenvalue weighted by molar-refractivity contribution is 7.89. The smallest absolute Gasteiger partial charge is 0.247 e. The Hall–Kier alpha value is -2.26. The van der Waals surface area contributed by atoms with E-state index < -0.39 is 16.1 Å². The minimum atomic E-state index is -3.87. The molecule has 35 heavy (non-hydrogen) atoms. The summed E-state index contributed by atoms with van der Waals surface area (Å²) in [7, 11) is -1.96. The molecular weight excluding hydrogens is 467 g/mol. The number of ether oxygens (including phenoxy) is 1. The summed E-state index contributed by atoms with van der Waals surface area (Å²) in [5.74, 6) is -0.0783. The zero-order valence-corrected chi connectivity index (χ0v) is 21.5. The van der Waals surface area contributed by atoms with Gasteiger partial charge in [-0.3, -0.25) is 4.90 Å². The number of sulfonamides is 1. The van der Waals surface area contributed by atoms with E-state index in [1.165, 1.54) is 15.9 Å². The maximum Gasteiger partial charge on any atom is 0.247 e. The second kappa shape index (κ2) is 10.8. The molecule has 8 heteroatoms. The van der Waals surface area contributed by atoms with Crippen molar-refractivity contribution in [2.24, 2.45) is 5.92 Å². The lowest BCUT2D eigenvalue weighted by Crippen LogP contribution is -2.49. The van der Waals surface area contributed by atoms with Crippen molar-refractivity contribution in [2.45, 2.75) is 56.7 Å². The molecule has 3 atom stereocenters. The first-order valence-electron chi connectivity index (χ1n) is 12.3. The minimum absolute atomic E-state index is 0.119. The minimum Gasteiger partial charge on any atom is -0.487 e. The van der Waals surface area contributed by atoms with E-state index in [1.807, 2.05) is 37.1 Å². The van der Waals surface area contributed by atoms with Gasteiger partial charge in [0.25, 0.3) is 0 Å². The first kappa shape index (κ1) is 25.8. The first-order chi connectivity index (χ1) is 16.7. The van der Waals surface area contributed by atoms with Crippen molar-refractivity contribution in [3.63, 3.8) is 0 Å². The second-order valence-corrected chi connectivity index (χ2v) is 11.7. The van der Waals surface area contributed by atoms with Crippen LogP contribution in [0.3, 0.4) is 0 Å². The molecule has 1 heterocycles. The molecule has 0 saturated carbocycles. The number of aliphatic hydroxyl groups excluding tert-OH is 1. The van der Waals surface area contributed by atoms with Gasteiger partial charge >= 0.3 is 0 Å². The van der Waals surface area contributed by atoms with Crippen molar-refractivity contribution >= 4 is 15.6 Å². The third-order valence-electron chi connectivity index (χ3n) is 6.97. The number of halogens is 1. The molecule has 0 aromatic heterocycles. The molecule has 1 aliphatic carbocycles. The molecule has 0 amide bonds. The molecule has 6 nitrogen and oxygen atoms in total. The van der Waals surface area contributed by atoms with Crippen LogP contribution in [0.25, 0.3) is 5.57 Å². The van der Waals surface area contributed by atoms with Crippen molar-refractivity contribution in [1.82, 2.24) is 9.21 Å². The summed E-state index contributed by atoms with van der Waals surface area (Å²) in [5.41, 5.74) is 2.78. The summed E-state index contributed by atoms with van der Waals surface area (Å²) in [6.45, 7) is 4.52. The van der Waals surface area contributed by atoms with Crippen LogP contribution in [0.4, 0.5) is 4.39 Å². The maximum atomic E-state index is 14.2. The topological polar surface area (TPSA) is 70.1 Å². The van der Waals surface area contributed by atoms with E-state index in [2.05, 4.69) is 6.08 Å². The molecule has 0 saturated heterocycles. The molecule has 0 spiro atoms. The number of allylic oxidation sites excluding steroid dienone is 2. The van der Waals surface area contributed by atoms with E-state index in [4.69, 9.17) is 4.74 Å². The van der Waals surface area contributed by atoms with Crippen LogP contribution < -0.4 is 4.74 Å². The van der Waals surface area contributed by atoms with Crippen LogP contribution in [0.1, 0.15) is 44.2 Å². The Bertz CT molecular complexity index is 1180. The van der Waals surface area contributed by atoms with Gasteiger partial charge in [0.15, 0.2) is 0 Å². The fourth-order valence-corrected chi connectivity index (χ4v) is 6.69. The van der Waals surface area contributed by atoms with Crippen molar-refractivity contribution in [3.8, 4) is 5.75 Å². The third-order valence-corrected chi connectivity index (χ3v) is 8.99. The fraction of sp³-hybridized carbons (Fsp3) is 0.481. The van der Waals surface area contributed by atoms with Crippen LogP contribution in [0, 0.1) is 11.7 Å². The maximum absolute atomic E-state index is 14.2. The summed E-state index contributed by atoms with van der Waals surface area (Å²) in [5, 5.41) is 9.82. The summed E-state index contributed by atoms with van der Waals surface area (Å²) in [6, 6.07) is 11.5. The van der Waals surface area contributed by atoms with E-state index in [-0.39, 0.29) is 35.9 Å². The highest BCUT2D eigenvalue weighted by atomic mass is 32.2. The molecule has 0 bridgehead atoms. The van der Waals surface area contributed by atoms with Crippen LogP contribution in [-0.4, -0.2) is 61.6 Å². The zero-order valence-electron chi connectivity index (χ0n) is 20.7. The molecule has 2 aromatic rings. The van der Waals surface area contributed by atoms with Crippen LogP contribution in [0.2, 0.25) is 0 Å². The Kier molecular flexibility index (Phi) is 7.96. The Balaban J connectivity index is 1.69. The molecule has 1 N–H and O–H groups in total. The van der Waals surface area contributed by atoms with Crippen molar-refractivity contribution in [1.29, 1.82) is 0 Å². The molecule has 0 radical (unpaired) electrons. The standard InChI is InChI=1S/C27H35FN2O4S/c1-19-15-30(20(2)18-31)35(32,33)27-13-12-22(21-8-4-5-9-21)14-25(27)34-26(19)17-29(3)16-23-10-6-7-11-24(23)28/h6-8,10-14,19-20,26,31H,4-5,9,15-18H2,1-3H3/t19-,20+,26+/m0/s1. The number of hydrogen-bond donors (Lipinski definition) is 1. The van der Waals surface area contributed by atoms with Gasteiger partial charge in [-0.05, 0) is 62.6 Å². The van der Waals surface area contributed by atoms with E-state index >= 15 is 0 Å². The van der Waals surface area contributed by atoms with Crippen LogP contribution >= 0.6 is 0 Å². The molecule has 2 aromatic carbocycles. The van der Waals surface area contributed by atoms with Crippen LogP contribution in [0.5, 0.6) is 5.75 Å². The number of aliphatic hydroxyl groups is 1. The monoisotopic (exact) mass is 502 g/mol. The number of likely N-dealkylation sites (N-methyl/N-ethyl adjacent to an activating group) is 1. The average molecular weight is 503 g/mol. The fourth-order valence-electron chi connectivity index (χ4n) is 4.87. The summed E-state index contributed by atoms with van der Waals surface area (Å²) < 4.78 is 49.3. The lowest BCUT2D eigenvalue weighted by atomic mass is 10.0. The number of benzene rings is 2. The molecule has 0 fully saturated rings. The van der Waals surface area contributed by atoms with Crippen LogP contribution in [-0.2, 0) is 16.6 Å². The normalized spacial score (nSPS) is 23.2. The third kappa shape index (κ3) is 5.61. The lowest BCUT2D eigenvalue weighted by Gasteiger charge is -2.37. The number of rotatable bonds is 7. The second-order valence-electron chi connectivity index (χ2n) is 9.81. The number of hydrogen-bond acceptors (Lipinski definition) is 5. The number of nitrogens with zero attached hydrogens (tertiary/aromatic N) is 2. The van der Waals surface area contributed by atoms with E-state index in [0.29, 0.717) is 24.4 Å². The van der Waals surface area contributed by atoms with Crippen LogP contribution in [0.15, 0.2) is 53.4 Å². The molecular formula is C27H35FN2O4S. The summed E-state index contributed by atoms with van der Waals surface area (Å²) in [4.78, 5) is 2.12. The molecule has 2 aliphatic rings. The largest absolute Gasteiger partial charge is 0.487 e. The number of fused-ring (bicyclic) bond motifs is 1. The van der Waals surface area contributed by atoms with Gasteiger partial charge in [-0.25, -0.2) is 12.8 Å². The zero-order chi connectivity index (χ0) is 25.2. The van der Waals surface area contributed by atoms with Gasteiger partial charge in [-0.1, -0.05) is 37.3 Å². The molecule has 1 aliphatic heterocycles. The Morgan fingerprint density at radius 1 is 1.26 bits per heavy atom. The Morgan fingerprint density at radius 2 is 2.03 bits per heavy atom. The summed E-state index contributed by atoms with van der Waals surface area (Å²) in [6.07, 6.45) is 4.94. The van der Waals surface area contributed by atoms with Gasteiger partial charge in [-0.2, -0.15) is 4.31 Å². The molecule has 0 unspecified atom stereocenters. The van der Waals surface area contributed by atoms with Gasteiger partial charge in [0.1, 0.15) is 22.6 Å². The lowest BCUT2D eigenvalue weighted by molar-refractivity contribution is 0.0731. The average Bonchev–Trinajstić information content (AvgIpc) is 3.37. The summed E-state index contributed by atoms with van der Waals surface area (Å²) >= 11 is 0. The molecule has 4 rings (SSSR count). The molecule has 190 valence electrons. The quantitative estimate of drug-likeness (QED) is 0.612. The van der Waals surface area contributed by atoms with Gasteiger partial charge in [0.05, 0.1) is 6.61 Å². The highest BCUT2D eigenvalue weighted by Crippen LogP contribution is 2.37. The van der Waals surface area contributed by atoms with Gasteiger partial charge in [0.2, 0.25) is 10.0 Å². The first-order valence-corrected chi connectivity index (χ1v) is 13.7. The van der Waals surface area contributed by atoms with Gasteiger partial charge in [0, 0.05) is 37.2 Å².